The maximum atomic E-state index is 14.2. The van der Waals surface area contributed by atoms with Gasteiger partial charge in [-0.15, -0.1) is 0 Å². The highest BCUT2D eigenvalue weighted by Crippen LogP contribution is 2.41. The molecule has 6 nitrogen and oxygen atoms in total. The van der Waals surface area contributed by atoms with Gasteiger partial charge in [-0.3, -0.25) is 4.79 Å². The number of aryl methyl sites for hydroxylation is 1. The van der Waals surface area contributed by atoms with Crippen molar-refractivity contribution in [2.45, 2.75) is 24.6 Å². The van der Waals surface area contributed by atoms with Crippen LogP contribution in [-0.2, 0) is 21.1 Å². The summed E-state index contributed by atoms with van der Waals surface area (Å²) in [5, 5.41) is 0.188. The van der Waals surface area contributed by atoms with Gasteiger partial charge in [0.2, 0.25) is 0 Å². The number of fused-ring (bicyclic) bond motifs is 1. The monoisotopic (exact) mass is 448 g/mol. The zero-order valence-electron chi connectivity index (χ0n) is 16.5. The Morgan fingerprint density at radius 3 is 2.63 bits per heavy atom. The van der Waals surface area contributed by atoms with Crippen molar-refractivity contribution in [1.82, 2.24) is 0 Å². The molecule has 2 heterocycles. The van der Waals surface area contributed by atoms with Crippen molar-refractivity contribution in [3.63, 3.8) is 0 Å². The van der Waals surface area contributed by atoms with E-state index >= 15 is 0 Å². The summed E-state index contributed by atoms with van der Waals surface area (Å²) < 4.78 is 43.6. The molecule has 2 fully saturated rings. The number of carbonyl (C=O) groups is 1. The molecular weight excluding hydrogens is 427 g/mol. The fourth-order valence-electron chi connectivity index (χ4n) is 3.66. The van der Waals surface area contributed by atoms with Gasteiger partial charge in [-0.1, -0.05) is 30.0 Å². The van der Waals surface area contributed by atoms with Gasteiger partial charge in [0.05, 0.1) is 31.1 Å². The van der Waals surface area contributed by atoms with Crippen LogP contribution >= 0.6 is 11.8 Å². The first kappa shape index (κ1) is 20.9. The third-order valence-corrected chi connectivity index (χ3v) is 8.44. The number of sulfone groups is 1. The molecular formula is C21H21FN2O4S2. The minimum atomic E-state index is -3.18. The fourth-order valence-corrected chi connectivity index (χ4v) is 7.59. The lowest BCUT2D eigenvalue weighted by atomic mass is 10.1. The highest BCUT2D eigenvalue weighted by Gasteiger charge is 2.49. The van der Waals surface area contributed by atoms with Crippen LogP contribution < -0.4 is 9.64 Å². The molecule has 2 aliphatic rings. The van der Waals surface area contributed by atoms with E-state index in [-0.39, 0.29) is 40.9 Å². The smallest absolute Gasteiger partial charge is 0.252 e. The standard InChI is InChI=1S/C21H21FN2O4S2/c1-13-3-6-15(10-17(13)22)24-18-11-30(26,27)12-19(18)29-21(24)23-20(25)9-14-4-7-16(28-2)8-5-14/h3-8,10,18-19H,9,11-12H2,1-2H3. The van der Waals surface area contributed by atoms with Crippen molar-refractivity contribution in [3.05, 3.63) is 59.4 Å². The number of anilines is 1. The van der Waals surface area contributed by atoms with Gasteiger partial charge in [-0.05, 0) is 42.3 Å². The number of aliphatic imine (C=N–C) groups is 1. The topological polar surface area (TPSA) is 76.0 Å². The van der Waals surface area contributed by atoms with E-state index in [1.54, 1.807) is 55.3 Å². The predicted molar refractivity (Wildman–Crippen MR) is 117 cm³/mol. The molecule has 0 N–H and O–H groups in total. The molecule has 0 aliphatic carbocycles. The maximum Gasteiger partial charge on any atom is 0.252 e. The Kier molecular flexibility index (Phi) is 5.59. The van der Waals surface area contributed by atoms with Crippen LogP contribution in [0.4, 0.5) is 10.1 Å². The van der Waals surface area contributed by atoms with E-state index in [9.17, 15) is 17.6 Å². The molecule has 2 saturated heterocycles. The number of amides is 1. The summed E-state index contributed by atoms with van der Waals surface area (Å²) in [5.74, 6) is -0.0377. The Hall–Kier alpha value is -2.39. The second-order valence-corrected chi connectivity index (χ2v) is 10.8. The molecule has 30 heavy (non-hydrogen) atoms. The maximum absolute atomic E-state index is 14.2. The van der Waals surface area contributed by atoms with Gasteiger partial charge in [0.25, 0.3) is 5.91 Å². The molecule has 158 valence electrons. The molecule has 0 bridgehead atoms. The van der Waals surface area contributed by atoms with Crippen LogP contribution in [0.1, 0.15) is 11.1 Å². The number of nitrogens with zero attached hydrogens (tertiary/aromatic N) is 2. The molecule has 9 heteroatoms. The van der Waals surface area contributed by atoms with E-state index in [1.807, 2.05) is 0 Å². The number of hydrogen-bond donors (Lipinski definition) is 0. The highest BCUT2D eigenvalue weighted by atomic mass is 32.2. The number of thioether (sulfide) groups is 1. The Labute approximate surface area is 179 Å². The van der Waals surface area contributed by atoms with Crippen molar-refractivity contribution in [1.29, 1.82) is 0 Å². The number of halogens is 1. The molecule has 0 radical (unpaired) electrons. The lowest BCUT2D eigenvalue weighted by Crippen LogP contribution is -2.37. The first-order valence-corrected chi connectivity index (χ1v) is 12.1. The van der Waals surface area contributed by atoms with E-state index < -0.39 is 9.84 Å². The van der Waals surface area contributed by atoms with E-state index in [4.69, 9.17) is 4.74 Å². The summed E-state index contributed by atoms with van der Waals surface area (Å²) in [7, 11) is -1.61. The average molecular weight is 449 g/mol. The lowest BCUT2D eigenvalue weighted by molar-refractivity contribution is -0.117. The Morgan fingerprint density at radius 2 is 1.97 bits per heavy atom. The quantitative estimate of drug-likeness (QED) is 0.716. The normalized spacial score (nSPS) is 23.6. The van der Waals surface area contributed by atoms with Crippen LogP contribution in [0.5, 0.6) is 5.75 Å². The Morgan fingerprint density at radius 1 is 1.23 bits per heavy atom. The van der Waals surface area contributed by atoms with Crippen LogP contribution in [0.15, 0.2) is 47.5 Å². The van der Waals surface area contributed by atoms with E-state index in [1.165, 1.54) is 17.8 Å². The van der Waals surface area contributed by atoms with E-state index in [0.717, 1.165) is 5.56 Å². The second-order valence-electron chi connectivity index (χ2n) is 7.42. The molecule has 2 unspecified atom stereocenters. The number of benzene rings is 2. The number of amidine groups is 1. The molecule has 0 saturated carbocycles. The van der Waals surface area contributed by atoms with Crippen LogP contribution in [0, 0.1) is 12.7 Å². The van der Waals surface area contributed by atoms with E-state index in [2.05, 4.69) is 4.99 Å². The molecule has 0 spiro atoms. The zero-order chi connectivity index (χ0) is 21.5. The summed E-state index contributed by atoms with van der Waals surface area (Å²) in [6.07, 6.45) is 0.109. The highest BCUT2D eigenvalue weighted by molar-refractivity contribution is 8.16. The van der Waals surface area contributed by atoms with Crippen molar-refractivity contribution in [2.75, 3.05) is 23.5 Å². The van der Waals surface area contributed by atoms with Crippen molar-refractivity contribution >= 4 is 38.4 Å². The molecule has 2 atom stereocenters. The Bertz CT molecular complexity index is 1120. The van der Waals surface area contributed by atoms with Crippen LogP contribution in [0.2, 0.25) is 0 Å². The molecule has 2 aromatic carbocycles. The van der Waals surface area contributed by atoms with Gasteiger partial charge >= 0.3 is 0 Å². The zero-order valence-corrected chi connectivity index (χ0v) is 18.2. The number of methoxy groups -OCH3 is 1. The predicted octanol–water partition coefficient (Wildman–Crippen LogP) is 2.99. The van der Waals surface area contributed by atoms with E-state index in [0.29, 0.717) is 22.2 Å². The molecule has 2 aliphatic heterocycles. The first-order chi connectivity index (χ1) is 14.3. The van der Waals surface area contributed by atoms with Crippen molar-refractivity contribution < 1.29 is 22.3 Å². The minimum Gasteiger partial charge on any atom is -0.497 e. The minimum absolute atomic E-state index is 0.0267. The second kappa shape index (κ2) is 8.03. The van der Waals surface area contributed by atoms with Gasteiger partial charge in [-0.25, -0.2) is 12.8 Å². The molecule has 4 rings (SSSR count). The van der Waals surface area contributed by atoms with Gasteiger partial charge in [-0.2, -0.15) is 4.99 Å². The molecule has 0 aromatic heterocycles. The summed E-state index contributed by atoms with van der Waals surface area (Å²) in [6, 6.07) is 11.5. The fraction of sp³-hybridized carbons (Fsp3) is 0.333. The third kappa shape index (κ3) is 4.22. The van der Waals surface area contributed by atoms with Crippen LogP contribution in [0.3, 0.4) is 0 Å². The van der Waals surface area contributed by atoms with Gasteiger partial charge < -0.3 is 9.64 Å². The van der Waals surface area contributed by atoms with Gasteiger partial charge in [0, 0.05) is 10.9 Å². The summed E-state index contributed by atoms with van der Waals surface area (Å²) in [6.45, 7) is 1.66. The summed E-state index contributed by atoms with van der Waals surface area (Å²) >= 11 is 1.27. The SMILES string of the molecule is COc1ccc(CC(=O)N=C2SC3CS(=O)(=O)CC3N2c2ccc(C)c(F)c2)cc1. The Balaban J connectivity index is 1.62. The van der Waals surface area contributed by atoms with Gasteiger partial charge in [0.15, 0.2) is 15.0 Å². The lowest BCUT2D eigenvalue weighted by Gasteiger charge is -2.24. The van der Waals surface area contributed by atoms with Crippen molar-refractivity contribution in [2.24, 2.45) is 4.99 Å². The first-order valence-electron chi connectivity index (χ1n) is 9.42. The number of ether oxygens (including phenoxy) is 1. The van der Waals surface area contributed by atoms with Crippen LogP contribution in [-0.4, -0.2) is 49.4 Å². The largest absolute Gasteiger partial charge is 0.497 e. The average Bonchev–Trinajstić information content (AvgIpc) is 3.15. The summed E-state index contributed by atoms with van der Waals surface area (Å²) in [5.41, 5.74) is 1.80. The van der Waals surface area contributed by atoms with Gasteiger partial charge in [0.1, 0.15) is 11.6 Å². The van der Waals surface area contributed by atoms with Crippen LogP contribution in [0.25, 0.3) is 0 Å². The number of rotatable bonds is 4. The number of hydrogen-bond acceptors (Lipinski definition) is 5. The summed E-state index contributed by atoms with van der Waals surface area (Å²) in [4.78, 5) is 18.6. The third-order valence-electron chi connectivity index (χ3n) is 5.23. The van der Waals surface area contributed by atoms with Crippen molar-refractivity contribution in [3.8, 4) is 5.75 Å². The molecule has 1 amide bonds. The molecule has 2 aromatic rings. The number of carbonyl (C=O) groups excluding carboxylic acids is 1.